The predicted molar refractivity (Wildman–Crippen MR) is 67.0 cm³/mol. The van der Waals surface area contributed by atoms with Gasteiger partial charge in [-0.1, -0.05) is 25.1 Å². The van der Waals surface area contributed by atoms with Crippen molar-refractivity contribution >= 4 is 10.9 Å². The summed E-state index contributed by atoms with van der Waals surface area (Å²) in [5.74, 6) is 0.439. The van der Waals surface area contributed by atoms with Crippen LogP contribution < -0.4 is 0 Å². The Balaban J connectivity index is 1.82. The van der Waals surface area contributed by atoms with Gasteiger partial charge >= 0.3 is 0 Å². The highest BCUT2D eigenvalue weighted by Gasteiger charge is 2.21. The Morgan fingerprint density at radius 2 is 2.06 bits per heavy atom. The zero-order valence-electron chi connectivity index (χ0n) is 9.98. The molecule has 1 fully saturated rings. The Bertz CT molecular complexity index is 500. The van der Waals surface area contributed by atoms with Crippen molar-refractivity contribution in [3.05, 3.63) is 36.0 Å². The predicted octanol–water partition coefficient (Wildman–Crippen LogP) is 3.03. The molecule has 0 bridgehead atoms. The van der Waals surface area contributed by atoms with Crippen LogP contribution in [-0.2, 0) is 9.47 Å². The summed E-state index contributed by atoms with van der Waals surface area (Å²) in [7, 11) is 0. The second-order valence-electron chi connectivity index (χ2n) is 4.60. The molecule has 0 unspecified atom stereocenters. The normalized spacial score (nSPS) is 18.9. The molecule has 1 atom stereocenters. The molecule has 1 aromatic heterocycles. The largest absolute Gasteiger partial charge is 0.361 e. The number of fused-ring (bicyclic) bond motifs is 1. The lowest BCUT2D eigenvalue weighted by Crippen LogP contribution is -2.11. The maximum atomic E-state index is 5.50. The highest BCUT2D eigenvalue weighted by atomic mass is 16.7. The Hall–Kier alpha value is -1.32. The van der Waals surface area contributed by atoms with Gasteiger partial charge in [0.25, 0.3) is 0 Å². The monoisotopic (exact) mass is 231 g/mol. The molecule has 3 nitrogen and oxygen atoms in total. The van der Waals surface area contributed by atoms with Gasteiger partial charge in [-0.25, -0.2) is 0 Å². The van der Waals surface area contributed by atoms with Crippen molar-refractivity contribution in [1.29, 1.82) is 0 Å². The van der Waals surface area contributed by atoms with Gasteiger partial charge in [0.1, 0.15) is 0 Å². The Morgan fingerprint density at radius 1 is 1.29 bits per heavy atom. The van der Waals surface area contributed by atoms with Crippen LogP contribution in [0.5, 0.6) is 0 Å². The molecule has 17 heavy (non-hydrogen) atoms. The van der Waals surface area contributed by atoms with E-state index in [-0.39, 0.29) is 6.29 Å². The van der Waals surface area contributed by atoms with E-state index in [1.807, 2.05) is 0 Å². The zero-order valence-corrected chi connectivity index (χ0v) is 9.98. The average Bonchev–Trinajstić information content (AvgIpc) is 2.96. The molecule has 1 saturated heterocycles. The minimum absolute atomic E-state index is 0.0290. The van der Waals surface area contributed by atoms with Crippen LogP contribution in [0.15, 0.2) is 30.5 Å². The van der Waals surface area contributed by atoms with Crippen LogP contribution >= 0.6 is 0 Å². The summed E-state index contributed by atoms with van der Waals surface area (Å²) in [6.07, 6.45) is 2.99. The van der Waals surface area contributed by atoms with E-state index in [2.05, 4.69) is 42.4 Å². The first-order valence-electron chi connectivity index (χ1n) is 6.14. The number of para-hydroxylation sites is 1. The summed E-state index contributed by atoms with van der Waals surface area (Å²) in [4.78, 5) is 3.31. The molecule has 3 rings (SSSR count). The number of hydrogen-bond donors (Lipinski definition) is 1. The van der Waals surface area contributed by atoms with E-state index in [4.69, 9.17) is 9.47 Å². The number of rotatable bonds is 3. The molecule has 2 heterocycles. The van der Waals surface area contributed by atoms with Crippen molar-refractivity contribution in [2.75, 3.05) is 13.2 Å². The molecular formula is C14H17NO2. The lowest BCUT2D eigenvalue weighted by atomic mass is 9.97. The molecular weight excluding hydrogens is 214 g/mol. The van der Waals surface area contributed by atoms with E-state index in [9.17, 15) is 0 Å². The molecule has 1 aromatic carbocycles. The number of nitrogens with one attached hydrogen (secondary N) is 1. The number of aromatic nitrogens is 1. The third kappa shape index (κ3) is 2.08. The molecule has 90 valence electrons. The Labute approximate surface area is 101 Å². The summed E-state index contributed by atoms with van der Waals surface area (Å²) >= 11 is 0. The summed E-state index contributed by atoms with van der Waals surface area (Å²) in [6.45, 7) is 3.68. The lowest BCUT2D eigenvalue weighted by Gasteiger charge is -2.15. The van der Waals surface area contributed by atoms with E-state index in [0.29, 0.717) is 5.92 Å². The molecule has 1 aliphatic heterocycles. The van der Waals surface area contributed by atoms with E-state index >= 15 is 0 Å². The SMILES string of the molecule is C[C@H](CC1OCCO1)c1c[nH]c2ccccc12. The van der Waals surface area contributed by atoms with E-state index in [1.165, 1.54) is 16.5 Å². The van der Waals surface area contributed by atoms with Gasteiger partial charge in [-0.05, 0) is 17.5 Å². The molecule has 1 N–H and O–H groups in total. The third-order valence-corrected chi connectivity index (χ3v) is 3.39. The highest BCUT2D eigenvalue weighted by molar-refractivity contribution is 5.83. The first kappa shape index (κ1) is 10.8. The lowest BCUT2D eigenvalue weighted by molar-refractivity contribution is -0.0500. The van der Waals surface area contributed by atoms with Crippen LogP contribution in [0.1, 0.15) is 24.8 Å². The van der Waals surface area contributed by atoms with Crippen molar-refractivity contribution in [3.8, 4) is 0 Å². The van der Waals surface area contributed by atoms with E-state index in [0.717, 1.165) is 19.6 Å². The van der Waals surface area contributed by atoms with Crippen molar-refractivity contribution in [3.63, 3.8) is 0 Å². The topological polar surface area (TPSA) is 34.2 Å². The van der Waals surface area contributed by atoms with Crippen molar-refractivity contribution in [2.45, 2.75) is 25.6 Å². The van der Waals surface area contributed by atoms with Gasteiger partial charge < -0.3 is 14.5 Å². The van der Waals surface area contributed by atoms with Gasteiger partial charge in [0.2, 0.25) is 0 Å². The van der Waals surface area contributed by atoms with Crippen molar-refractivity contribution in [2.24, 2.45) is 0 Å². The number of aromatic amines is 1. The quantitative estimate of drug-likeness (QED) is 0.881. The molecule has 0 saturated carbocycles. The van der Waals surface area contributed by atoms with Gasteiger partial charge in [0.15, 0.2) is 6.29 Å². The fourth-order valence-corrected chi connectivity index (χ4v) is 2.46. The van der Waals surface area contributed by atoms with Gasteiger partial charge in [0.05, 0.1) is 13.2 Å². The van der Waals surface area contributed by atoms with Crippen LogP contribution in [0.4, 0.5) is 0 Å². The molecule has 2 aromatic rings. The van der Waals surface area contributed by atoms with Crippen LogP contribution in [0, 0.1) is 0 Å². The minimum Gasteiger partial charge on any atom is -0.361 e. The van der Waals surface area contributed by atoms with Crippen LogP contribution in [0.2, 0.25) is 0 Å². The molecule has 3 heteroatoms. The first-order chi connectivity index (χ1) is 8.34. The molecule has 0 amide bonds. The van der Waals surface area contributed by atoms with Gasteiger partial charge in [-0.2, -0.15) is 0 Å². The average molecular weight is 231 g/mol. The smallest absolute Gasteiger partial charge is 0.158 e. The van der Waals surface area contributed by atoms with Gasteiger partial charge in [0, 0.05) is 23.5 Å². The molecule has 0 spiro atoms. The number of hydrogen-bond acceptors (Lipinski definition) is 2. The zero-order chi connectivity index (χ0) is 11.7. The van der Waals surface area contributed by atoms with Crippen LogP contribution in [-0.4, -0.2) is 24.5 Å². The number of benzene rings is 1. The Morgan fingerprint density at radius 3 is 2.88 bits per heavy atom. The van der Waals surface area contributed by atoms with Gasteiger partial charge in [-0.3, -0.25) is 0 Å². The maximum Gasteiger partial charge on any atom is 0.158 e. The standard InChI is InChI=1S/C14H17NO2/c1-10(8-14-16-6-7-17-14)12-9-15-13-5-3-2-4-11(12)13/h2-5,9-10,14-15H,6-8H2,1H3/t10-/m1/s1. The Kier molecular flexibility index (Phi) is 2.87. The fraction of sp³-hybridized carbons (Fsp3) is 0.429. The fourth-order valence-electron chi connectivity index (χ4n) is 2.46. The maximum absolute atomic E-state index is 5.50. The van der Waals surface area contributed by atoms with E-state index < -0.39 is 0 Å². The second kappa shape index (κ2) is 4.51. The molecule has 0 aliphatic carbocycles. The summed E-state index contributed by atoms with van der Waals surface area (Å²) in [5.41, 5.74) is 2.54. The molecule has 0 radical (unpaired) electrons. The van der Waals surface area contributed by atoms with Crippen molar-refractivity contribution < 1.29 is 9.47 Å². The van der Waals surface area contributed by atoms with Crippen LogP contribution in [0.25, 0.3) is 10.9 Å². The first-order valence-corrected chi connectivity index (χ1v) is 6.14. The summed E-state index contributed by atoms with van der Waals surface area (Å²) in [6, 6.07) is 8.40. The van der Waals surface area contributed by atoms with Crippen LogP contribution in [0.3, 0.4) is 0 Å². The summed E-state index contributed by atoms with van der Waals surface area (Å²) in [5, 5.41) is 1.30. The van der Waals surface area contributed by atoms with Crippen molar-refractivity contribution in [1.82, 2.24) is 4.98 Å². The minimum atomic E-state index is -0.0290. The second-order valence-corrected chi connectivity index (χ2v) is 4.60. The summed E-state index contributed by atoms with van der Waals surface area (Å²) < 4.78 is 11.0. The third-order valence-electron chi connectivity index (χ3n) is 3.39. The van der Waals surface area contributed by atoms with Gasteiger partial charge in [-0.15, -0.1) is 0 Å². The highest BCUT2D eigenvalue weighted by Crippen LogP contribution is 2.29. The molecule has 1 aliphatic rings. The number of ether oxygens (including phenoxy) is 2. The van der Waals surface area contributed by atoms with E-state index in [1.54, 1.807) is 0 Å². The number of H-pyrrole nitrogens is 1.